The van der Waals surface area contributed by atoms with Crippen LogP contribution < -0.4 is 3.61 Å². The number of hydrogen-bond donors (Lipinski definition) is 0. The normalized spacial score (nSPS) is 11.6. The van der Waals surface area contributed by atoms with Crippen LogP contribution in [0.1, 0.15) is 39.0 Å². The Kier molecular flexibility index (Phi) is 8.79. The first-order chi connectivity index (χ1) is 10.9. The second-order valence-corrected chi connectivity index (χ2v) is 9.61. The molecule has 0 spiro atoms. The van der Waals surface area contributed by atoms with Gasteiger partial charge < -0.3 is 0 Å². The Balaban J connectivity index is 1.97. The van der Waals surface area contributed by atoms with Gasteiger partial charge in [0.05, 0.1) is 0 Å². The molecule has 0 aromatic heterocycles. The van der Waals surface area contributed by atoms with Crippen molar-refractivity contribution < 1.29 is 0 Å². The van der Waals surface area contributed by atoms with Crippen molar-refractivity contribution in [1.82, 2.24) is 0 Å². The quantitative estimate of drug-likeness (QED) is 0.286. The van der Waals surface area contributed by atoms with Gasteiger partial charge in [-0.2, -0.15) is 0 Å². The summed E-state index contributed by atoms with van der Waals surface area (Å²) in [6.07, 6.45) is 6.66. The number of rotatable bonds is 9. The first-order valence-corrected chi connectivity index (χ1v) is 11.2. The first kappa shape index (κ1) is 17.7. The van der Waals surface area contributed by atoms with Crippen LogP contribution >= 0.6 is 11.8 Å². The minimum atomic E-state index is -0.219. The molecule has 0 aliphatic rings. The van der Waals surface area contributed by atoms with Crippen LogP contribution in [-0.2, 0) is 0 Å². The Morgan fingerprint density at radius 3 is 2.27 bits per heavy atom. The summed E-state index contributed by atoms with van der Waals surface area (Å²) >= 11 is 1.66. The minimum absolute atomic E-state index is 0.219. The second kappa shape index (κ2) is 10.9. The molecule has 0 atom stereocenters. The molecule has 0 saturated heterocycles. The molecule has 0 fully saturated rings. The molecule has 0 heterocycles. The third-order valence-electron chi connectivity index (χ3n) is 3.34. The van der Waals surface area contributed by atoms with Gasteiger partial charge in [-0.25, -0.2) is 0 Å². The van der Waals surface area contributed by atoms with E-state index in [1.54, 1.807) is 7.23 Å². The van der Waals surface area contributed by atoms with Gasteiger partial charge in [0.15, 0.2) is 0 Å². The van der Waals surface area contributed by atoms with E-state index >= 15 is 0 Å². The first-order valence-electron chi connectivity index (χ1n) is 8.02. The fourth-order valence-electron chi connectivity index (χ4n) is 2.13. The van der Waals surface area contributed by atoms with Gasteiger partial charge >= 0.3 is 150 Å². The molecule has 2 aromatic rings. The van der Waals surface area contributed by atoms with E-state index in [0.717, 1.165) is 0 Å². The topological polar surface area (TPSA) is 0 Å². The summed E-state index contributed by atoms with van der Waals surface area (Å²) in [6, 6.07) is 21.7. The Morgan fingerprint density at radius 1 is 0.909 bits per heavy atom. The van der Waals surface area contributed by atoms with E-state index in [1.165, 1.54) is 37.0 Å². The number of thioether (sulfide) groups is 1. The van der Waals surface area contributed by atoms with E-state index in [0.29, 0.717) is 0 Å². The number of allylic oxidation sites excluding steroid dienone is 1. The summed E-state index contributed by atoms with van der Waals surface area (Å²) in [5.74, 6) is 0. The van der Waals surface area contributed by atoms with Gasteiger partial charge in [0.1, 0.15) is 0 Å². The van der Waals surface area contributed by atoms with Gasteiger partial charge in [0, 0.05) is 0 Å². The summed E-state index contributed by atoms with van der Waals surface area (Å²) in [5, 5.41) is 2.43. The maximum atomic E-state index is 2.43. The summed E-state index contributed by atoms with van der Waals surface area (Å²) in [6.45, 7) is 2.28. The number of hydrogen-bond acceptors (Lipinski definition) is 1. The van der Waals surface area contributed by atoms with Crippen LogP contribution in [0.15, 0.2) is 74.6 Å². The number of unbranched alkanes of at least 4 members (excludes halogenated alkanes) is 3. The Hall–Kier alpha value is -0.680. The van der Waals surface area contributed by atoms with Crippen molar-refractivity contribution in [2.24, 2.45) is 0 Å². The molecule has 0 radical (unpaired) electrons. The second-order valence-electron chi connectivity index (χ2n) is 5.24. The van der Waals surface area contributed by atoms with Crippen molar-refractivity contribution in [3.63, 3.8) is 0 Å². The fraction of sp³-hybridized carbons (Fsp3) is 0.300. The molecule has 0 aliphatic heterocycles. The van der Waals surface area contributed by atoms with Crippen LogP contribution in [0.4, 0.5) is 0 Å². The van der Waals surface area contributed by atoms with Gasteiger partial charge in [0.25, 0.3) is 0 Å². The molecule has 0 amide bonds. The number of benzene rings is 2. The summed E-state index contributed by atoms with van der Waals surface area (Å²) in [7, 11) is 0. The molecule has 0 aliphatic carbocycles. The molecular formula is C20H24STe. The van der Waals surface area contributed by atoms with E-state index in [4.69, 9.17) is 0 Å². The van der Waals surface area contributed by atoms with E-state index in [1.807, 2.05) is 11.8 Å². The Morgan fingerprint density at radius 2 is 1.59 bits per heavy atom. The summed E-state index contributed by atoms with van der Waals surface area (Å²) in [4.78, 5) is 1.34. The van der Waals surface area contributed by atoms with Crippen molar-refractivity contribution in [2.75, 3.05) is 0 Å². The molecule has 22 heavy (non-hydrogen) atoms. The van der Waals surface area contributed by atoms with Crippen LogP contribution in [0, 0.1) is 0 Å². The molecule has 2 aromatic carbocycles. The average molecular weight is 424 g/mol. The van der Waals surface area contributed by atoms with E-state index in [2.05, 4.69) is 73.0 Å². The molecule has 0 N–H and O–H groups in total. The molecule has 0 bridgehead atoms. The molecule has 116 valence electrons. The maximum absolute atomic E-state index is 2.43. The van der Waals surface area contributed by atoms with Crippen molar-refractivity contribution >= 4 is 36.3 Å². The summed E-state index contributed by atoms with van der Waals surface area (Å²) in [5.41, 5.74) is 0. The van der Waals surface area contributed by atoms with Crippen molar-refractivity contribution in [3.05, 3.63) is 69.7 Å². The van der Waals surface area contributed by atoms with Crippen LogP contribution in [0.2, 0.25) is 0 Å². The zero-order valence-corrected chi connectivity index (χ0v) is 16.3. The third-order valence-corrected chi connectivity index (χ3v) is 7.87. The third kappa shape index (κ3) is 7.05. The zero-order chi connectivity index (χ0) is 15.5. The average Bonchev–Trinajstić information content (AvgIpc) is 2.58. The molecule has 0 nitrogen and oxygen atoms in total. The van der Waals surface area contributed by atoms with Crippen LogP contribution in [0.3, 0.4) is 0 Å². The van der Waals surface area contributed by atoms with Crippen molar-refractivity contribution in [1.29, 1.82) is 0 Å². The van der Waals surface area contributed by atoms with Crippen LogP contribution in [-0.4, -0.2) is 20.9 Å². The zero-order valence-electron chi connectivity index (χ0n) is 13.2. The summed E-state index contributed by atoms with van der Waals surface area (Å²) < 4.78 is 3.23. The van der Waals surface area contributed by atoms with Crippen molar-refractivity contribution in [3.8, 4) is 0 Å². The monoisotopic (exact) mass is 426 g/mol. The van der Waals surface area contributed by atoms with E-state index in [-0.39, 0.29) is 20.9 Å². The molecule has 2 heteroatoms. The molecule has 0 saturated carbocycles. The van der Waals surface area contributed by atoms with Crippen molar-refractivity contribution in [2.45, 2.75) is 43.9 Å². The van der Waals surface area contributed by atoms with Gasteiger partial charge in [-0.15, -0.1) is 0 Å². The molecule has 2 rings (SSSR count). The Bertz CT molecular complexity index is 548. The fourth-order valence-corrected chi connectivity index (χ4v) is 6.11. The van der Waals surface area contributed by atoms with Gasteiger partial charge in [-0.1, -0.05) is 0 Å². The van der Waals surface area contributed by atoms with Crippen LogP contribution in [0.25, 0.3) is 0 Å². The molecule has 0 unspecified atom stereocenters. The predicted octanol–water partition coefficient (Wildman–Crippen LogP) is 5.62. The van der Waals surface area contributed by atoms with E-state index < -0.39 is 0 Å². The standard InChI is InChI=1S/C20H24STe/c1-2-3-4-9-16-20(22-19-14-10-6-11-15-19)17-21-18-12-7-5-8-13-18/h5-8,10-15,17H,2-4,9,16H2,1H3/b20-17+. The predicted molar refractivity (Wildman–Crippen MR) is 101 cm³/mol. The Labute approximate surface area is 149 Å². The van der Waals surface area contributed by atoms with E-state index in [9.17, 15) is 0 Å². The molecular weight excluding hydrogens is 400 g/mol. The van der Waals surface area contributed by atoms with Crippen LogP contribution in [0.5, 0.6) is 0 Å². The SMILES string of the molecule is CCCCCC/C(=C\Sc1ccccc1)[Te]c1ccccc1. The van der Waals surface area contributed by atoms with Gasteiger partial charge in [-0.05, 0) is 0 Å². The van der Waals surface area contributed by atoms with Gasteiger partial charge in [0.2, 0.25) is 0 Å². The van der Waals surface area contributed by atoms with Gasteiger partial charge in [-0.3, -0.25) is 0 Å².